The van der Waals surface area contributed by atoms with Gasteiger partial charge in [0, 0.05) is 31.1 Å². The third-order valence-electron chi connectivity index (χ3n) is 5.17. The topological polar surface area (TPSA) is 132 Å². The number of aromatic nitrogens is 4. The molecule has 0 bridgehead atoms. The molecular weight excluding hydrogens is 523 g/mol. The Hall–Kier alpha value is -2.99. The SMILES string of the molecule is C/C=C\C(F)=C(\CSCC(=O)CNC(=O)C(CC)n1ccnc(NCCc2nc(C)no2)c1=O)C(C)Cl. The van der Waals surface area contributed by atoms with Gasteiger partial charge in [0.1, 0.15) is 11.9 Å². The summed E-state index contributed by atoms with van der Waals surface area (Å²) in [7, 11) is 0. The highest BCUT2D eigenvalue weighted by Gasteiger charge is 2.21. The van der Waals surface area contributed by atoms with E-state index in [2.05, 4.69) is 25.8 Å². The van der Waals surface area contributed by atoms with Gasteiger partial charge in [-0.2, -0.15) is 4.98 Å². The number of alkyl halides is 1. The molecule has 2 unspecified atom stereocenters. The van der Waals surface area contributed by atoms with Crippen molar-refractivity contribution in [2.45, 2.75) is 52.0 Å². The second-order valence-electron chi connectivity index (χ2n) is 8.06. The van der Waals surface area contributed by atoms with Gasteiger partial charge in [-0.05, 0) is 38.8 Å². The minimum absolute atomic E-state index is 0.0795. The first-order valence-corrected chi connectivity index (χ1v) is 13.4. The molecule has 202 valence electrons. The maximum Gasteiger partial charge on any atom is 0.294 e. The summed E-state index contributed by atoms with van der Waals surface area (Å²) in [5.41, 5.74) is -0.0629. The van der Waals surface area contributed by atoms with E-state index in [9.17, 15) is 18.8 Å². The Kier molecular flexibility index (Phi) is 12.5. The second-order valence-corrected chi connectivity index (χ2v) is 9.70. The normalized spacial score (nSPS) is 13.8. The Morgan fingerprint density at radius 3 is 2.73 bits per heavy atom. The quantitative estimate of drug-likeness (QED) is 0.251. The molecule has 0 radical (unpaired) electrons. The Morgan fingerprint density at radius 1 is 1.35 bits per heavy atom. The van der Waals surface area contributed by atoms with Gasteiger partial charge in [-0.15, -0.1) is 23.4 Å². The summed E-state index contributed by atoms with van der Waals surface area (Å²) >= 11 is 7.27. The highest BCUT2D eigenvalue weighted by atomic mass is 35.5. The van der Waals surface area contributed by atoms with Crippen molar-refractivity contribution >= 4 is 40.9 Å². The Labute approximate surface area is 224 Å². The third kappa shape index (κ3) is 9.43. The number of hydrogen-bond donors (Lipinski definition) is 2. The number of aryl methyl sites for hydroxylation is 1. The van der Waals surface area contributed by atoms with Crippen LogP contribution >= 0.6 is 23.4 Å². The number of carbonyl (C=O) groups excluding carboxylic acids is 2. The number of nitrogens with one attached hydrogen (secondary N) is 2. The van der Waals surface area contributed by atoms with Crippen LogP contribution in [-0.2, 0) is 16.0 Å². The van der Waals surface area contributed by atoms with Gasteiger partial charge in [0.25, 0.3) is 5.56 Å². The fourth-order valence-electron chi connectivity index (χ4n) is 3.29. The van der Waals surface area contributed by atoms with Crippen LogP contribution in [-0.4, -0.2) is 61.4 Å². The van der Waals surface area contributed by atoms with E-state index < -0.39 is 28.7 Å². The van der Waals surface area contributed by atoms with Gasteiger partial charge >= 0.3 is 0 Å². The van der Waals surface area contributed by atoms with E-state index in [1.165, 1.54) is 34.8 Å². The van der Waals surface area contributed by atoms with Crippen molar-refractivity contribution in [1.82, 2.24) is 25.0 Å². The molecule has 2 aromatic heterocycles. The molecule has 37 heavy (non-hydrogen) atoms. The van der Waals surface area contributed by atoms with E-state index in [0.717, 1.165) is 0 Å². The van der Waals surface area contributed by atoms with Crippen molar-refractivity contribution in [2.75, 3.05) is 29.9 Å². The largest absolute Gasteiger partial charge is 0.365 e. The summed E-state index contributed by atoms with van der Waals surface area (Å²) in [6, 6.07) is -0.823. The molecule has 10 nitrogen and oxygen atoms in total. The Balaban J connectivity index is 1.91. The molecular formula is C24H32ClFN6O4S. The van der Waals surface area contributed by atoms with Crippen LogP contribution in [0, 0.1) is 6.92 Å². The van der Waals surface area contributed by atoms with Crippen molar-refractivity contribution in [2.24, 2.45) is 0 Å². The lowest BCUT2D eigenvalue weighted by Gasteiger charge is -2.18. The predicted octanol–water partition coefficient (Wildman–Crippen LogP) is 3.39. The zero-order chi connectivity index (χ0) is 27.4. The number of nitrogens with zero attached hydrogens (tertiary/aromatic N) is 4. The smallest absolute Gasteiger partial charge is 0.294 e. The molecule has 2 N–H and O–H groups in total. The van der Waals surface area contributed by atoms with Crippen LogP contribution in [0.1, 0.15) is 44.9 Å². The predicted molar refractivity (Wildman–Crippen MR) is 143 cm³/mol. The molecule has 1 amide bonds. The molecule has 0 fully saturated rings. The Bertz CT molecular complexity index is 1180. The van der Waals surface area contributed by atoms with Gasteiger partial charge in [-0.1, -0.05) is 18.2 Å². The van der Waals surface area contributed by atoms with Crippen LogP contribution in [0.5, 0.6) is 0 Å². The highest BCUT2D eigenvalue weighted by molar-refractivity contribution is 8.00. The van der Waals surface area contributed by atoms with Crippen molar-refractivity contribution < 1.29 is 18.5 Å². The average molecular weight is 555 g/mol. The molecule has 0 aliphatic heterocycles. The van der Waals surface area contributed by atoms with E-state index in [1.807, 2.05) is 0 Å². The van der Waals surface area contributed by atoms with E-state index in [0.29, 0.717) is 36.7 Å². The fourth-order valence-corrected chi connectivity index (χ4v) is 4.60. The number of halogens is 2. The van der Waals surface area contributed by atoms with Crippen LogP contribution in [0.4, 0.5) is 10.2 Å². The van der Waals surface area contributed by atoms with Crippen molar-refractivity contribution in [1.29, 1.82) is 0 Å². The van der Waals surface area contributed by atoms with E-state index in [-0.39, 0.29) is 29.7 Å². The number of hydrogen-bond acceptors (Lipinski definition) is 9. The number of anilines is 1. The molecule has 0 aliphatic carbocycles. The minimum Gasteiger partial charge on any atom is -0.365 e. The van der Waals surface area contributed by atoms with Crippen molar-refractivity contribution in [3.63, 3.8) is 0 Å². The first kappa shape index (κ1) is 30.2. The summed E-state index contributed by atoms with van der Waals surface area (Å²) in [6.45, 7) is 6.98. The molecule has 2 atom stereocenters. The molecule has 0 aliphatic rings. The first-order valence-electron chi connectivity index (χ1n) is 11.8. The van der Waals surface area contributed by atoms with Crippen LogP contribution in [0.15, 0.2) is 45.3 Å². The monoisotopic (exact) mass is 554 g/mol. The minimum atomic E-state index is -0.823. The number of ketones is 1. The summed E-state index contributed by atoms with van der Waals surface area (Å²) in [6.07, 6.45) is 6.49. The number of amides is 1. The van der Waals surface area contributed by atoms with Gasteiger partial charge in [0.05, 0.1) is 17.7 Å². The standard InChI is InChI=1S/C24H32ClFN6O4S/c1-5-7-19(26)18(15(3)25)14-37-13-17(33)12-29-23(34)20(6-2)32-11-10-28-22(24(32)35)27-9-8-21-30-16(4)31-36-21/h5,7,10-11,15,20H,6,8-9,12-14H2,1-4H3,(H,27,28)(H,29,34)/b7-5-,19-18+. The van der Waals surface area contributed by atoms with Gasteiger partial charge < -0.3 is 15.2 Å². The van der Waals surface area contributed by atoms with E-state index in [1.54, 1.807) is 33.8 Å². The Morgan fingerprint density at radius 2 is 2.11 bits per heavy atom. The van der Waals surface area contributed by atoms with Gasteiger partial charge in [0.15, 0.2) is 17.4 Å². The molecule has 0 aromatic carbocycles. The van der Waals surface area contributed by atoms with Crippen LogP contribution in [0.2, 0.25) is 0 Å². The molecule has 13 heteroatoms. The lowest BCUT2D eigenvalue weighted by atomic mass is 10.2. The lowest BCUT2D eigenvalue weighted by molar-refractivity contribution is -0.127. The molecule has 0 saturated carbocycles. The van der Waals surface area contributed by atoms with Crippen LogP contribution in [0.3, 0.4) is 0 Å². The van der Waals surface area contributed by atoms with Crippen molar-refractivity contribution in [3.8, 4) is 0 Å². The summed E-state index contributed by atoms with van der Waals surface area (Å²) in [5, 5.41) is 8.73. The van der Waals surface area contributed by atoms with Crippen molar-refractivity contribution in [3.05, 3.63) is 58.0 Å². The van der Waals surface area contributed by atoms with Gasteiger partial charge in [-0.25, -0.2) is 9.37 Å². The zero-order valence-corrected chi connectivity index (χ0v) is 22.9. The molecule has 2 aromatic rings. The summed E-state index contributed by atoms with van der Waals surface area (Å²) in [5.74, 6) is 0.265. The molecule has 2 heterocycles. The number of carbonyl (C=O) groups is 2. The maximum absolute atomic E-state index is 14.1. The number of rotatable bonds is 15. The molecule has 2 rings (SSSR count). The molecule has 0 saturated heterocycles. The number of thioether (sulfide) groups is 1. The second kappa shape index (κ2) is 15.3. The van der Waals surface area contributed by atoms with E-state index >= 15 is 0 Å². The number of allylic oxidation sites excluding steroid dienone is 3. The summed E-state index contributed by atoms with van der Waals surface area (Å²) < 4.78 is 20.4. The average Bonchev–Trinajstić information content (AvgIpc) is 3.27. The third-order valence-corrected chi connectivity index (χ3v) is 6.48. The van der Waals surface area contributed by atoms with Gasteiger partial charge in [-0.3, -0.25) is 19.0 Å². The summed E-state index contributed by atoms with van der Waals surface area (Å²) in [4.78, 5) is 46.2. The van der Waals surface area contributed by atoms with Gasteiger partial charge in [0.2, 0.25) is 11.8 Å². The number of Topliss-reactive ketones (excluding diaryl/α,β-unsaturated/α-hetero) is 1. The first-order chi connectivity index (χ1) is 17.7. The maximum atomic E-state index is 14.1. The lowest BCUT2D eigenvalue weighted by Crippen LogP contribution is -2.40. The fraction of sp³-hybridized carbons (Fsp3) is 0.500. The van der Waals surface area contributed by atoms with E-state index in [4.69, 9.17) is 16.1 Å². The molecule has 0 spiro atoms. The zero-order valence-electron chi connectivity index (χ0n) is 21.3. The van der Waals surface area contributed by atoms with Crippen LogP contribution in [0.25, 0.3) is 0 Å². The van der Waals surface area contributed by atoms with Crippen LogP contribution < -0.4 is 16.2 Å². The highest BCUT2D eigenvalue weighted by Crippen LogP contribution is 2.21.